The zero-order chi connectivity index (χ0) is 24.5. The number of nitrogens with one attached hydrogen (secondary N) is 1. The largest absolute Gasteiger partial charge is 0.457 e. The van der Waals surface area contributed by atoms with Gasteiger partial charge in [-0.1, -0.05) is 11.6 Å². The molecular weight excluding hydrogens is 476 g/mol. The van der Waals surface area contributed by atoms with E-state index in [9.17, 15) is 13.6 Å². The average molecular weight is 492 g/mol. The number of benzene rings is 3. The van der Waals surface area contributed by atoms with Crippen LogP contribution in [0.5, 0.6) is 11.5 Å². The number of carbonyl (C=O) groups is 1. The van der Waals surface area contributed by atoms with Gasteiger partial charge in [0.1, 0.15) is 29.5 Å². The second-order valence-corrected chi connectivity index (χ2v) is 8.07. The Balaban J connectivity index is 1.39. The summed E-state index contributed by atoms with van der Waals surface area (Å²) < 4.78 is 35.5. The van der Waals surface area contributed by atoms with Gasteiger partial charge in [0, 0.05) is 35.6 Å². The van der Waals surface area contributed by atoms with E-state index in [1.165, 1.54) is 24.3 Å². The smallest absolute Gasteiger partial charge is 0.255 e. The quantitative estimate of drug-likeness (QED) is 0.321. The molecule has 0 aliphatic carbocycles. The molecule has 2 heterocycles. The van der Waals surface area contributed by atoms with Crippen LogP contribution in [0.1, 0.15) is 16.1 Å². The van der Waals surface area contributed by atoms with Crippen molar-refractivity contribution in [2.45, 2.75) is 6.92 Å². The Hall–Kier alpha value is -4.37. The minimum Gasteiger partial charge on any atom is -0.457 e. The number of carbonyl (C=O) groups excluding carboxylic acids is 1. The molecule has 0 spiro atoms. The van der Waals surface area contributed by atoms with Crippen LogP contribution in [0.4, 0.5) is 14.5 Å². The average Bonchev–Trinajstić information content (AvgIpc) is 3.26. The predicted octanol–water partition coefficient (Wildman–Crippen LogP) is 6.10. The third-order valence-electron chi connectivity index (χ3n) is 5.02. The summed E-state index contributed by atoms with van der Waals surface area (Å²) in [6.45, 7) is 1.88. The highest BCUT2D eigenvalue weighted by molar-refractivity contribution is 6.30. The van der Waals surface area contributed by atoms with E-state index < -0.39 is 17.5 Å². The summed E-state index contributed by atoms with van der Waals surface area (Å²) in [6.07, 6.45) is 5.11. The molecule has 0 aliphatic rings. The number of fused-ring (bicyclic) bond motifs is 1. The van der Waals surface area contributed by atoms with E-state index in [0.29, 0.717) is 22.6 Å². The van der Waals surface area contributed by atoms with Gasteiger partial charge in [-0.3, -0.25) is 14.3 Å². The second-order valence-electron chi connectivity index (χ2n) is 7.66. The minimum atomic E-state index is -0.728. The number of imidazole rings is 1. The number of nitrogens with zero attached hydrogens (tertiary/aromatic N) is 4. The summed E-state index contributed by atoms with van der Waals surface area (Å²) in [5.74, 6) is -0.846. The van der Waals surface area contributed by atoms with Crippen molar-refractivity contribution >= 4 is 34.2 Å². The number of amides is 1. The summed E-state index contributed by atoms with van der Waals surface area (Å²) >= 11 is 5.66. The van der Waals surface area contributed by atoms with Crippen LogP contribution in [0.15, 0.2) is 73.3 Å². The monoisotopic (exact) mass is 491 g/mol. The summed E-state index contributed by atoms with van der Waals surface area (Å²) in [5, 5.41) is 2.43. The summed E-state index contributed by atoms with van der Waals surface area (Å²) in [7, 11) is 0. The summed E-state index contributed by atoms with van der Waals surface area (Å²) in [4.78, 5) is 25.6. The number of ether oxygens (including phenoxy) is 1. The lowest BCUT2D eigenvalue weighted by Gasteiger charge is -2.11. The van der Waals surface area contributed by atoms with Gasteiger partial charge in [-0.2, -0.15) is 0 Å². The van der Waals surface area contributed by atoms with Gasteiger partial charge in [0.25, 0.3) is 5.91 Å². The molecule has 0 radical (unpaired) electrons. The van der Waals surface area contributed by atoms with Crippen LogP contribution >= 0.6 is 11.6 Å². The van der Waals surface area contributed by atoms with E-state index in [4.69, 9.17) is 16.3 Å². The second kappa shape index (κ2) is 9.11. The van der Waals surface area contributed by atoms with Crippen molar-refractivity contribution in [3.63, 3.8) is 0 Å². The van der Waals surface area contributed by atoms with Gasteiger partial charge >= 0.3 is 0 Å². The zero-order valence-corrected chi connectivity index (χ0v) is 18.9. The Morgan fingerprint density at radius 2 is 1.86 bits per heavy atom. The number of rotatable bonds is 5. The minimum absolute atomic E-state index is 0.0376. The molecule has 0 atom stereocenters. The first kappa shape index (κ1) is 22.4. The first-order valence-electron chi connectivity index (χ1n) is 10.4. The number of hydrogen-bond acceptors (Lipinski definition) is 5. The molecule has 0 saturated heterocycles. The molecule has 10 heteroatoms. The van der Waals surface area contributed by atoms with Gasteiger partial charge in [0.15, 0.2) is 5.82 Å². The number of halogens is 3. The Bertz CT molecular complexity index is 1590. The van der Waals surface area contributed by atoms with Crippen LogP contribution in [0.3, 0.4) is 0 Å². The molecule has 1 amide bonds. The molecule has 0 unspecified atom stereocenters. The normalized spacial score (nSPS) is 11.0. The van der Waals surface area contributed by atoms with E-state index >= 15 is 0 Å². The Kier molecular flexibility index (Phi) is 5.84. The maximum Gasteiger partial charge on any atom is 0.255 e. The van der Waals surface area contributed by atoms with E-state index in [0.717, 1.165) is 17.8 Å². The van der Waals surface area contributed by atoms with E-state index in [1.807, 2.05) is 13.1 Å². The fourth-order valence-corrected chi connectivity index (χ4v) is 3.50. The van der Waals surface area contributed by atoms with Crippen molar-refractivity contribution in [2.75, 3.05) is 5.32 Å². The van der Waals surface area contributed by atoms with Gasteiger partial charge in [-0.25, -0.2) is 18.7 Å². The zero-order valence-electron chi connectivity index (χ0n) is 18.2. The topological polar surface area (TPSA) is 81.9 Å². The van der Waals surface area contributed by atoms with Gasteiger partial charge in [0.05, 0.1) is 27.9 Å². The molecular formula is C25H16ClF2N5O2. The molecule has 0 saturated carbocycles. The summed E-state index contributed by atoms with van der Waals surface area (Å²) in [6, 6.07) is 12.5. The van der Waals surface area contributed by atoms with E-state index in [1.54, 1.807) is 35.3 Å². The molecule has 0 fully saturated rings. The highest BCUT2D eigenvalue weighted by Crippen LogP contribution is 2.28. The van der Waals surface area contributed by atoms with Crippen LogP contribution in [-0.2, 0) is 0 Å². The maximum absolute atomic E-state index is 14.3. The molecule has 0 bridgehead atoms. The van der Waals surface area contributed by atoms with Gasteiger partial charge in [-0.05, 0) is 43.3 Å². The number of anilines is 1. The van der Waals surface area contributed by atoms with Crippen molar-refractivity contribution in [3.8, 4) is 17.3 Å². The highest BCUT2D eigenvalue weighted by Gasteiger charge is 2.12. The molecule has 2 aromatic heterocycles. The van der Waals surface area contributed by atoms with Crippen LogP contribution in [-0.4, -0.2) is 25.4 Å². The lowest BCUT2D eigenvalue weighted by molar-refractivity contribution is 0.102. The Labute approximate surface area is 203 Å². The number of aromatic nitrogens is 4. The molecule has 5 aromatic rings. The number of hydrogen-bond donors (Lipinski definition) is 1. The lowest BCUT2D eigenvalue weighted by Crippen LogP contribution is -2.12. The van der Waals surface area contributed by atoms with Crippen LogP contribution < -0.4 is 10.1 Å². The van der Waals surface area contributed by atoms with Crippen LogP contribution in [0.25, 0.3) is 16.9 Å². The Morgan fingerprint density at radius 3 is 2.63 bits per heavy atom. The SMILES string of the molecule is Cc1cn(-c2cnc3ccc(Oc4cc(F)cc(NC(=O)c5ccc(Cl)c(F)c5)c4)cc3n2)cn1. The summed E-state index contributed by atoms with van der Waals surface area (Å²) in [5.41, 5.74) is 2.25. The van der Waals surface area contributed by atoms with Crippen molar-refractivity contribution < 1.29 is 18.3 Å². The fraction of sp³-hybridized carbons (Fsp3) is 0.0400. The third kappa shape index (κ3) is 4.95. The molecule has 3 aromatic carbocycles. The maximum atomic E-state index is 14.3. The highest BCUT2D eigenvalue weighted by atomic mass is 35.5. The fourth-order valence-electron chi connectivity index (χ4n) is 3.39. The van der Waals surface area contributed by atoms with Crippen molar-refractivity contribution in [3.05, 3.63) is 101 Å². The lowest BCUT2D eigenvalue weighted by atomic mass is 10.2. The molecule has 0 aliphatic heterocycles. The van der Waals surface area contributed by atoms with Crippen molar-refractivity contribution in [1.29, 1.82) is 0 Å². The predicted molar refractivity (Wildman–Crippen MR) is 127 cm³/mol. The van der Waals surface area contributed by atoms with Crippen LogP contribution in [0, 0.1) is 18.6 Å². The first-order chi connectivity index (χ1) is 16.8. The van der Waals surface area contributed by atoms with Crippen molar-refractivity contribution in [1.82, 2.24) is 19.5 Å². The first-order valence-corrected chi connectivity index (χ1v) is 10.7. The van der Waals surface area contributed by atoms with Crippen molar-refractivity contribution in [2.24, 2.45) is 0 Å². The van der Waals surface area contributed by atoms with E-state index in [2.05, 4.69) is 20.3 Å². The molecule has 1 N–H and O–H groups in total. The van der Waals surface area contributed by atoms with Crippen LogP contribution in [0.2, 0.25) is 5.02 Å². The third-order valence-corrected chi connectivity index (χ3v) is 5.33. The number of aryl methyl sites for hydroxylation is 1. The van der Waals surface area contributed by atoms with Gasteiger partial charge in [0.2, 0.25) is 0 Å². The molecule has 5 rings (SSSR count). The standard InChI is InChI=1S/C25H16ClF2N5O2/c1-14-12-33(13-30-14)24-11-29-22-5-3-18(10-23(22)32-24)35-19-8-16(27)7-17(9-19)31-25(34)15-2-4-20(26)21(28)6-15/h2-13H,1H3,(H,31,34). The molecule has 7 nitrogen and oxygen atoms in total. The molecule has 35 heavy (non-hydrogen) atoms. The van der Waals surface area contributed by atoms with Gasteiger partial charge < -0.3 is 10.1 Å². The van der Waals surface area contributed by atoms with E-state index in [-0.39, 0.29) is 22.0 Å². The Morgan fingerprint density at radius 1 is 1.00 bits per heavy atom. The van der Waals surface area contributed by atoms with Gasteiger partial charge in [-0.15, -0.1) is 0 Å². The molecule has 174 valence electrons.